The summed E-state index contributed by atoms with van der Waals surface area (Å²) in [6.45, 7) is -0.142. The van der Waals surface area contributed by atoms with E-state index in [1.165, 1.54) is 33.1 Å². The zero-order valence-electron chi connectivity index (χ0n) is 15.3. The predicted octanol–water partition coefficient (Wildman–Crippen LogP) is 3.42. The molecule has 10 heteroatoms. The number of hydrogen-bond acceptors (Lipinski definition) is 8. The SMILES string of the molecule is O=C(OCc1cc(=O)n2ccsc2n1)c1nc(-c2cccs2)n(-c2ccccc2)n1. The van der Waals surface area contributed by atoms with Gasteiger partial charge in [0.05, 0.1) is 16.3 Å². The minimum atomic E-state index is -0.685. The van der Waals surface area contributed by atoms with Crippen LogP contribution in [0.25, 0.3) is 21.3 Å². The highest BCUT2D eigenvalue weighted by Gasteiger charge is 2.21. The van der Waals surface area contributed by atoms with Gasteiger partial charge in [0.25, 0.3) is 11.4 Å². The van der Waals surface area contributed by atoms with E-state index in [1.54, 1.807) is 16.3 Å². The number of hydrogen-bond donors (Lipinski definition) is 0. The van der Waals surface area contributed by atoms with Gasteiger partial charge in [-0.1, -0.05) is 24.3 Å². The smallest absolute Gasteiger partial charge is 0.378 e. The number of thiophene rings is 1. The number of nitrogens with zero attached hydrogens (tertiary/aromatic N) is 5. The van der Waals surface area contributed by atoms with Crippen LogP contribution in [0.3, 0.4) is 0 Å². The number of benzene rings is 1. The molecule has 4 heterocycles. The molecule has 0 bridgehead atoms. The van der Waals surface area contributed by atoms with Crippen molar-refractivity contribution in [2.75, 3.05) is 0 Å². The molecule has 4 aromatic heterocycles. The highest BCUT2D eigenvalue weighted by molar-refractivity contribution is 7.15. The second-order valence-corrected chi connectivity index (χ2v) is 8.02. The van der Waals surface area contributed by atoms with Gasteiger partial charge in [-0.3, -0.25) is 9.20 Å². The molecule has 148 valence electrons. The van der Waals surface area contributed by atoms with E-state index in [0.717, 1.165) is 10.6 Å². The van der Waals surface area contributed by atoms with Crippen molar-refractivity contribution >= 4 is 33.6 Å². The highest BCUT2D eigenvalue weighted by atomic mass is 32.1. The second kappa shape index (κ2) is 7.65. The number of ether oxygens (including phenoxy) is 1. The van der Waals surface area contributed by atoms with Gasteiger partial charge >= 0.3 is 5.97 Å². The van der Waals surface area contributed by atoms with Crippen LogP contribution in [-0.2, 0) is 11.3 Å². The lowest BCUT2D eigenvalue weighted by atomic mass is 10.3. The van der Waals surface area contributed by atoms with Crippen molar-refractivity contribution in [3.05, 3.63) is 87.4 Å². The Bertz CT molecular complexity index is 1390. The van der Waals surface area contributed by atoms with Crippen molar-refractivity contribution in [2.45, 2.75) is 6.61 Å². The van der Waals surface area contributed by atoms with Crippen molar-refractivity contribution in [3.63, 3.8) is 0 Å². The molecule has 5 rings (SSSR count). The zero-order valence-corrected chi connectivity index (χ0v) is 17.0. The van der Waals surface area contributed by atoms with E-state index in [4.69, 9.17) is 4.74 Å². The monoisotopic (exact) mass is 435 g/mol. The van der Waals surface area contributed by atoms with Crippen molar-refractivity contribution in [1.29, 1.82) is 0 Å². The summed E-state index contributed by atoms with van der Waals surface area (Å²) >= 11 is 2.83. The van der Waals surface area contributed by atoms with Gasteiger partial charge in [-0.2, -0.15) is 4.98 Å². The Balaban J connectivity index is 1.43. The molecule has 8 nitrogen and oxygen atoms in total. The molecular weight excluding hydrogens is 422 g/mol. The lowest BCUT2D eigenvalue weighted by Crippen LogP contribution is -2.15. The lowest BCUT2D eigenvalue weighted by Gasteiger charge is -2.03. The summed E-state index contributed by atoms with van der Waals surface area (Å²) < 4.78 is 8.39. The fourth-order valence-electron chi connectivity index (χ4n) is 2.88. The lowest BCUT2D eigenvalue weighted by molar-refractivity contribution is 0.0453. The molecule has 0 unspecified atom stereocenters. The Hall–Kier alpha value is -3.63. The summed E-state index contributed by atoms with van der Waals surface area (Å²) in [5.74, 6) is -0.189. The molecule has 0 amide bonds. The average molecular weight is 435 g/mol. The maximum atomic E-state index is 12.6. The van der Waals surface area contributed by atoms with Gasteiger partial charge in [-0.25, -0.2) is 14.5 Å². The minimum absolute atomic E-state index is 0.0591. The van der Waals surface area contributed by atoms with E-state index in [9.17, 15) is 9.59 Å². The van der Waals surface area contributed by atoms with Crippen LogP contribution >= 0.6 is 22.7 Å². The molecule has 30 heavy (non-hydrogen) atoms. The summed E-state index contributed by atoms with van der Waals surface area (Å²) in [5.41, 5.74) is 0.931. The number of carbonyl (C=O) groups excluding carboxylic acids is 1. The summed E-state index contributed by atoms with van der Waals surface area (Å²) in [4.78, 5) is 34.8. The van der Waals surface area contributed by atoms with Crippen LogP contribution < -0.4 is 5.56 Å². The van der Waals surface area contributed by atoms with Gasteiger partial charge in [0.15, 0.2) is 10.8 Å². The van der Waals surface area contributed by atoms with Crippen LogP contribution in [0, 0.1) is 0 Å². The number of aromatic nitrogens is 5. The topological polar surface area (TPSA) is 91.4 Å². The van der Waals surface area contributed by atoms with Crippen LogP contribution in [0.2, 0.25) is 0 Å². The molecule has 0 fully saturated rings. The molecule has 0 aliphatic rings. The minimum Gasteiger partial charge on any atom is -0.453 e. The van der Waals surface area contributed by atoms with Crippen LogP contribution in [0.1, 0.15) is 16.3 Å². The van der Waals surface area contributed by atoms with Crippen LogP contribution in [0.15, 0.2) is 70.3 Å². The van der Waals surface area contributed by atoms with Gasteiger partial charge in [-0.05, 0) is 23.6 Å². The summed E-state index contributed by atoms with van der Waals surface area (Å²) in [6.07, 6.45) is 1.65. The quantitative estimate of drug-likeness (QED) is 0.393. The molecule has 0 spiro atoms. The molecule has 0 atom stereocenters. The molecule has 0 aliphatic carbocycles. The number of thiazole rings is 1. The van der Waals surface area contributed by atoms with E-state index >= 15 is 0 Å². The van der Waals surface area contributed by atoms with Crippen molar-refractivity contribution in [3.8, 4) is 16.4 Å². The largest absolute Gasteiger partial charge is 0.453 e. The van der Waals surface area contributed by atoms with Gasteiger partial charge in [0, 0.05) is 17.6 Å². The van der Waals surface area contributed by atoms with E-state index in [1.807, 2.05) is 47.8 Å². The number of para-hydroxylation sites is 1. The fraction of sp³-hybridized carbons (Fsp3) is 0.0500. The molecular formula is C20H13N5O3S2. The molecule has 0 aliphatic heterocycles. The first-order chi connectivity index (χ1) is 14.7. The van der Waals surface area contributed by atoms with Crippen LogP contribution in [0.5, 0.6) is 0 Å². The first-order valence-corrected chi connectivity index (χ1v) is 10.6. The Kier molecular flexibility index (Phi) is 4.69. The first-order valence-electron chi connectivity index (χ1n) is 8.88. The number of carbonyl (C=O) groups is 1. The Labute approximate surface area is 177 Å². The van der Waals surface area contributed by atoms with Crippen LogP contribution in [-0.4, -0.2) is 30.1 Å². The summed E-state index contributed by atoms with van der Waals surface area (Å²) in [5, 5.41) is 8.06. The fourth-order valence-corrected chi connectivity index (χ4v) is 4.32. The van der Waals surface area contributed by atoms with Gasteiger partial charge in [0.1, 0.15) is 6.61 Å². The highest BCUT2D eigenvalue weighted by Crippen LogP contribution is 2.25. The third kappa shape index (κ3) is 3.42. The maximum Gasteiger partial charge on any atom is 0.378 e. The van der Waals surface area contributed by atoms with Gasteiger partial charge < -0.3 is 4.74 Å². The van der Waals surface area contributed by atoms with Crippen molar-refractivity contribution in [2.24, 2.45) is 0 Å². The van der Waals surface area contributed by atoms with E-state index < -0.39 is 5.97 Å². The number of esters is 1. The second-order valence-electron chi connectivity index (χ2n) is 6.20. The Morgan fingerprint density at radius 2 is 1.90 bits per heavy atom. The van der Waals surface area contributed by atoms with Gasteiger partial charge in [-0.15, -0.1) is 27.8 Å². The molecule has 0 saturated heterocycles. The van der Waals surface area contributed by atoms with Crippen molar-refractivity contribution < 1.29 is 9.53 Å². The molecule has 1 aromatic carbocycles. The summed E-state index contributed by atoms with van der Waals surface area (Å²) in [6, 6.07) is 14.6. The van der Waals surface area contributed by atoms with E-state index in [-0.39, 0.29) is 18.0 Å². The molecule has 0 radical (unpaired) electrons. The molecule has 0 saturated carbocycles. The number of fused-ring (bicyclic) bond motifs is 1. The molecule has 0 N–H and O–H groups in total. The van der Waals surface area contributed by atoms with E-state index in [2.05, 4.69) is 15.1 Å². The number of rotatable bonds is 5. The summed E-state index contributed by atoms with van der Waals surface area (Å²) in [7, 11) is 0. The van der Waals surface area contributed by atoms with Gasteiger partial charge in [0.2, 0.25) is 0 Å². The molecule has 5 aromatic rings. The normalized spacial score (nSPS) is 11.1. The Morgan fingerprint density at radius 1 is 1.03 bits per heavy atom. The predicted molar refractivity (Wildman–Crippen MR) is 113 cm³/mol. The standard InChI is InChI=1S/C20H13N5O3S2/c26-16-11-13(21-20-24(16)8-10-30-20)12-28-19(27)17-22-18(15-7-4-9-29-15)25(23-17)14-5-2-1-3-6-14/h1-11H,12H2. The average Bonchev–Trinajstić information content (AvgIpc) is 3.52. The Morgan fingerprint density at radius 3 is 2.70 bits per heavy atom. The van der Waals surface area contributed by atoms with Crippen LogP contribution in [0.4, 0.5) is 0 Å². The third-order valence-corrected chi connectivity index (χ3v) is 5.86. The third-order valence-electron chi connectivity index (χ3n) is 4.24. The first kappa shape index (κ1) is 18.4. The maximum absolute atomic E-state index is 12.6. The zero-order chi connectivity index (χ0) is 20.5. The van der Waals surface area contributed by atoms with E-state index in [0.29, 0.717) is 16.5 Å². The van der Waals surface area contributed by atoms with Crippen molar-refractivity contribution in [1.82, 2.24) is 24.1 Å².